The maximum Gasteiger partial charge on any atom is 0.245 e. The molecule has 0 aliphatic heterocycles. The van der Waals surface area contributed by atoms with E-state index in [1.165, 1.54) is 52.0 Å². The van der Waals surface area contributed by atoms with Crippen molar-refractivity contribution in [2.45, 2.75) is 113 Å². The van der Waals surface area contributed by atoms with Gasteiger partial charge in [-0.15, -0.1) is 0 Å². The smallest absolute Gasteiger partial charge is 0.245 e. The van der Waals surface area contributed by atoms with Gasteiger partial charge < -0.3 is 64.4 Å². The molecule has 2 aromatic carbocycles. The minimum atomic E-state index is -1.70. The van der Waals surface area contributed by atoms with Gasteiger partial charge in [-0.2, -0.15) is 25.3 Å². The summed E-state index contributed by atoms with van der Waals surface area (Å²) < 4.78 is -1.30. The van der Waals surface area contributed by atoms with E-state index in [9.17, 15) is 48.9 Å². The minimum Gasteiger partial charge on any atom is -0.508 e. The highest BCUT2D eigenvalue weighted by molar-refractivity contribution is 7.81. The Morgan fingerprint density at radius 2 is 1.17 bits per heavy atom. The highest BCUT2D eigenvalue weighted by Gasteiger charge is 2.39. The molecule has 15 N–H and O–H groups in total. The van der Waals surface area contributed by atoms with E-state index in [4.69, 9.17) is 17.2 Å². The monoisotopic (exact) mass is 877 g/mol. The third-order valence-corrected chi connectivity index (χ3v) is 9.82. The topological polar surface area (TPSA) is 330 Å². The molecular weight excluding hydrogens is 819 g/mol. The van der Waals surface area contributed by atoms with E-state index >= 15 is 0 Å². The maximum atomic E-state index is 14.0. The van der Waals surface area contributed by atoms with Gasteiger partial charge in [-0.25, -0.2) is 0 Å². The van der Waals surface area contributed by atoms with Gasteiger partial charge in [0.1, 0.15) is 42.0 Å². The molecule has 0 fully saturated rings. The van der Waals surface area contributed by atoms with E-state index in [0.29, 0.717) is 5.56 Å². The summed E-state index contributed by atoms with van der Waals surface area (Å²) >= 11 is 8.62. The highest BCUT2D eigenvalue weighted by atomic mass is 32.1. The molecular formula is C39H59N9O10S2. The summed E-state index contributed by atoms with van der Waals surface area (Å²) in [5, 5.41) is 45.2. The Balaban J connectivity index is 2.33. The summed E-state index contributed by atoms with van der Waals surface area (Å²) in [7, 11) is 0. The normalized spacial score (nSPS) is 15.9. The fraction of sp³-hybridized carbons (Fsp3) is 0.513. The molecule has 7 amide bonds. The molecule has 2 aromatic rings. The van der Waals surface area contributed by atoms with E-state index in [2.05, 4.69) is 57.2 Å². The number of carbonyl (C=O) groups excluding carboxylic acids is 7. The van der Waals surface area contributed by atoms with E-state index in [1.807, 2.05) is 6.07 Å². The maximum absolute atomic E-state index is 14.0. The average Bonchev–Trinajstić information content (AvgIpc) is 3.18. The SMILES string of the molecule is C[C@@H](O)[C@H](NC(=O)[C@@H](NC(=O)[C@@H](NC(=O)[C@@H](CCCN)NC(=O)[C@H](Cc1ccc(O)cc1)NC(=O)[C@H](CS)NC(=O)[C@H](N)Cc1ccccc1)[C@@H](C)O)C(C)(C)S)C(N)=O. The van der Waals surface area contributed by atoms with Gasteiger partial charge in [0, 0.05) is 16.9 Å². The third kappa shape index (κ3) is 16.6. The van der Waals surface area contributed by atoms with Gasteiger partial charge in [0.2, 0.25) is 41.4 Å². The van der Waals surface area contributed by atoms with Gasteiger partial charge >= 0.3 is 0 Å². The van der Waals surface area contributed by atoms with Crippen LogP contribution in [0.25, 0.3) is 0 Å². The molecule has 0 unspecified atom stereocenters. The summed E-state index contributed by atoms with van der Waals surface area (Å²) in [6.07, 6.45) is -2.75. The number of aliphatic hydroxyl groups excluding tert-OH is 2. The standard InChI is InChI=1S/C39H59N9O10S2/c1-20(49)29(32(42)52)46-38(58)31(39(3,4)60)48-37(57)30(21(2)50)47-34(54)26(11-8-16-40)43-35(55)27(18-23-12-14-24(51)15-13-23)44-36(56)28(19-59)45-33(53)25(41)17-22-9-6-5-7-10-22/h5-7,9-10,12-15,20-21,25-31,49-51,59-60H,8,11,16-19,40-41H2,1-4H3,(H2,42,52)(H,43,55)(H,44,56)(H,45,53)(H,46,58)(H,47,54)(H,48,57)/t20-,21-,25-,26-,27+,28+,29+,30+,31-/m1/s1. The second-order valence-corrected chi connectivity index (χ2v) is 16.4. The molecule has 0 heterocycles. The van der Waals surface area contributed by atoms with Crippen LogP contribution >= 0.6 is 25.3 Å². The lowest BCUT2D eigenvalue weighted by Crippen LogP contribution is -2.64. The number of thiol groups is 2. The van der Waals surface area contributed by atoms with E-state index in [0.717, 1.165) is 5.56 Å². The van der Waals surface area contributed by atoms with E-state index in [1.54, 1.807) is 24.3 Å². The van der Waals surface area contributed by atoms with Crippen LogP contribution in [-0.4, -0.2) is 128 Å². The second-order valence-electron chi connectivity index (χ2n) is 14.9. The van der Waals surface area contributed by atoms with Gasteiger partial charge in [-0.3, -0.25) is 33.6 Å². The fourth-order valence-electron chi connectivity index (χ4n) is 5.77. The largest absolute Gasteiger partial charge is 0.508 e. The number of nitrogens with one attached hydrogen (secondary N) is 6. The zero-order valence-corrected chi connectivity index (χ0v) is 35.7. The molecule has 0 aliphatic carbocycles. The number of phenols is 1. The summed E-state index contributed by atoms with van der Waals surface area (Å²) in [4.78, 5) is 93.1. The molecule has 2 rings (SSSR count). The molecule has 19 nitrogen and oxygen atoms in total. The lowest BCUT2D eigenvalue weighted by atomic mass is 9.99. The van der Waals surface area contributed by atoms with Crippen LogP contribution in [0.3, 0.4) is 0 Å². The molecule has 0 aliphatic rings. The fourth-order valence-corrected chi connectivity index (χ4v) is 6.21. The summed E-state index contributed by atoms with van der Waals surface area (Å²) in [5.74, 6) is -6.48. The predicted molar refractivity (Wildman–Crippen MR) is 229 cm³/mol. The second kappa shape index (κ2) is 24.4. The average molecular weight is 878 g/mol. The Bertz CT molecular complexity index is 1760. The lowest BCUT2D eigenvalue weighted by Gasteiger charge is -2.33. The number of aromatic hydroxyl groups is 1. The van der Waals surface area contributed by atoms with Crippen molar-refractivity contribution in [1.29, 1.82) is 0 Å². The minimum absolute atomic E-state index is 0.0526. The highest BCUT2D eigenvalue weighted by Crippen LogP contribution is 2.19. The van der Waals surface area contributed by atoms with Crippen molar-refractivity contribution in [3.63, 3.8) is 0 Å². The number of rotatable bonds is 24. The van der Waals surface area contributed by atoms with E-state index in [-0.39, 0.29) is 43.7 Å². The number of primary amides is 1. The van der Waals surface area contributed by atoms with Crippen molar-refractivity contribution in [3.8, 4) is 5.75 Å². The van der Waals surface area contributed by atoms with E-state index < -0.39 is 101 Å². The summed E-state index contributed by atoms with van der Waals surface area (Å²) in [5.41, 5.74) is 18.4. The number of hydrogen-bond acceptors (Lipinski definition) is 14. The van der Waals surface area contributed by atoms with Crippen LogP contribution in [0.4, 0.5) is 0 Å². The van der Waals surface area contributed by atoms with Gasteiger partial charge in [-0.1, -0.05) is 42.5 Å². The zero-order chi connectivity index (χ0) is 45.3. The number of benzene rings is 2. The van der Waals surface area contributed by atoms with Crippen LogP contribution in [-0.2, 0) is 46.4 Å². The van der Waals surface area contributed by atoms with Gasteiger partial charge in [0.25, 0.3) is 0 Å². The number of phenolic OH excluding ortho intramolecular Hbond substituents is 1. The van der Waals surface area contributed by atoms with Crippen molar-refractivity contribution >= 4 is 66.6 Å². The third-order valence-electron chi connectivity index (χ3n) is 9.19. The van der Waals surface area contributed by atoms with Crippen molar-refractivity contribution < 1.29 is 48.9 Å². The Morgan fingerprint density at radius 1 is 0.667 bits per heavy atom. The number of carbonyl (C=O) groups is 7. The first-order chi connectivity index (χ1) is 28.1. The molecule has 0 saturated heterocycles. The Labute approximate surface area is 359 Å². The van der Waals surface area contributed by atoms with Crippen LogP contribution in [0.5, 0.6) is 5.75 Å². The summed E-state index contributed by atoms with van der Waals surface area (Å²) in [6.45, 7) is 5.45. The molecule has 0 aromatic heterocycles. The van der Waals surface area contributed by atoms with Crippen LogP contribution in [0, 0.1) is 0 Å². The van der Waals surface area contributed by atoms with Gasteiger partial charge in [0.05, 0.1) is 18.2 Å². The van der Waals surface area contributed by atoms with Crippen molar-refractivity contribution in [1.82, 2.24) is 31.9 Å². The Morgan fingerprint density at radius 3 is 1.68 bits per heavy atom. The Hall–Kier alpha value is -4.93. The van der Waals surface area contributed by atoms with Crippen molar-refractivity contribution in [2.75, 3.05) is 12.3 Å². The van der Waals surface area contributed by atoms with Gasteiger partial charge in [-0.05, 0) is 76.8 Å². The summed E-state index contributed by atoms with van der Waals surface area (Å²) in [6, 6.07) is 5.09. The van der Waals surface area contributed by atoms with Crippen LogP contribution in [0.15, 0.2) is 54.6 Å². The number of amides is 7. The molecule has 0 bridgehead atoms. The first-order valence-corrected chi connectivity index (χ1v) is 20.3. The Kier molecular flexibility index (Phi) is 20.8. The molecule has 332 valence electrons. The zero-order valence-electron chi connectivity index (χ0n) is 34.0. The number of hydrogen-bond donors (Lipinski definition) is 14. The number of nitrogens with two attached hydrogens (primary N) is 3. The molecule has 0 saturated carbocycles. The first kappa shape index (κ1) is 51.2. The predicted octanol–water partition coefficient (Wildman–Crippen LogP) is -2.96. The van der Waals surface area contributed by atoms with Crippen molar-refractivity contribution in [2.24, 2.45) is 17.2 Å². The van der Waals surface area contributed by atoms with Crippen LogP contribution in [0.2, 0.25) is 0 Å². The van der Waals surface area contributed by atoms with Crippen molar-refractivity contribution in [3.05, 3.63) is 65.7 Å². The van der Waals surface area contributed by atoms with Crippen LogP contribution < -0.4 is 49.1 Å². The molecule has 9 atom stereocenters. The molecule has 60 heavy (non-hydrogen) atoms. The first-order valence-electron chi connectivity index (χ1n) is 19.2. The van der Waals surface area contributed by atoms with Crippen LogP contribution in [0.1, 0.15) is 51.7 Å². The van der Waals surface area contributed by atoms with Gasteiger partial charge in [0.15, 0.2) is 0 Å². The number of aliphatic hydroxyl groups is 2. The molecule has 21 heteroatoms. The lowest BCUT2D eigenvalue weighted by molar-refractivity contribution is -0.137. The molecule has 0 radical (unpaired) electrons. The quantitative estimate of drug-likeness (QED) is 0.0471. The molecule has 0 spiro atoms.